The third-order valence-corrected chi connectivity index (χ3v) is 6.62. The van der Waals surface area contributed by atoms with Crippen molar-refractivity contribution in [3.8, 4) is 11.5 Å². The molecule has 1 aliphatic heterocycles. The molecule has 0 aliphatic carbocycles. The van der Waals surface area contributed by atoms with E-state index in [9.17, 15) is 8.42 Å². The van der Waals surface area contributed by atoms with Gasteiger partial charge in [-0.2, -0.15) is 0 Å². The zero-order valence-corrected chi connectivity index (χ0v) is 16.3. The van der Waals surface area contributed by atoms with Crippen LogP contribution in [0, 0.1) is 0 Å². The number of anilines is 1. The molecule has 0 amide bonds. The summed E-state index contributed by atoms with van der Waals surface area (Å²) in [6, 6.07) is 11.9. The predicted octanol–water partition coefficient (Wildman–Crippen LogP) is 3.66. The van der Waals surface area contributed by atoms with E-state index in [-0.39, 0.29) is 4.90 Å². The lowest BCUT2D eigenvalue weighted by atomic mass is 10.1. The molecule has 0 fully saturated rings. The summed E-state index contributed by atoms with van der Waals surface area (Å²) in [6.45, 7) is 0.336. The minimum atomic E-state index is -3.78. The van der Waals surface area contributed by atoms with Crippen LogP contribution in [0.2, 0.25) is 5.02 Å². The standard InChI is InChI=1S/C19H17ClN2O4S/c1-25-17-6-4-15(11-18(17)26-2)27(23,24)22-8-7-12-9-13-10-14(20)3-5-16(13)21-19(12)22/h3-6,9-11H,7-8H2,1-2H3. The molecule has 0 atom stereocenters. The smallest absolute Gasteiger partial charge is 0.265 e. The first-order valence-corrected chi connectivity index (χ1v) is 10.1. The average Bonchev–Trinajstić information content (AvgIpc) is 3.09. The van der Waals surface area contributed by atoms with Crippen molar-refractivity contribution in [2.24, 2.45) is 0 Å². The number of rotatable bonds is 4. The fraction of sp³-hybridized carbons (Fsp3) is 0.211. The summed E-state index contributed by atoms with van der Waals surface area (Å²) in [5, 5.41) is 1.52. The summed E-state index contributed by atoms with van der Waals surface area (Å²) in [7, 11) is -0.803. The van der Waals surface area contributed by atoms with Crippen molar-refractivity contribution in [2.45, 2.75) is 11.3 Å². The lowest BCUT2D eigenvalue weighted by molar-refractivity contribution is 0.354. The molecule has 2 heterocycles. The molecule has 0 bridgehead atoms. The molecule has 0 radical (unpaired) electrons. The van der Waals surface area contributed by atoms with Crippen LogP contribution in [0.3, 0.4) is 0 Å². The van der Waals surface area contributed by atoms with Gasteiger partial charge in [0.15, 0.2) is 11.5 Å². The number of halogens is 1. The Morgan fingerprint density at radius 2 is 1.81 bits per heavy atom. The van der Waals surface area contributed by atoms with E-state index < -0.39 is 10.0 Å². The minimum Gasteiger partial charge on any atom is -0.493 e. The molecule has 2 aromatic carbocycles. The van der Waals surface area contributed by atoms with Crippen LogP contribution in [0.4, 0.5) is 5.82 Å². The van der Waals surface area contributed by atoms with Gasteiger partial charge in [-0.25, -0.2) is 17.7 Å². The number of pyridine rings is 1. The van der Waals surface area contributed by atoms with Crippen molar-refractivity contribution in [2.75, 3.05) is 25.1 Å². The van der Waals surface area contributed by atoms with E-state index >= 15 is 0 Å². The first kappa shape index (κ1) is 17.9. The van der Waals surface area contributed by atoms with Gasteiger partial charge >= 0.3 is 0 Å². The van der Waals surface area contributed by atoms with Gasteiger partial charge in [0.2, 0.25) is 0 Å². The van der Waals surface area contributed by atoms with E-state index in [0.29, 0.717) is 40.8 Å². The second-order valence-electron chi connectivity index (χ2n) is 6.15. The highest BCUT2D eigenvalue weighted by molar-refractivity contribution is 7.92. The van der Waals surface area contributed by atoms with E-state index in [0.717, 1.165) is 10.9 Å². The van der Waals surface area contributed by atoms with Gasteiger partial charge in [0.05, 0.1) is 24.6 Å². The maximum absolute atomic E-state index is 13.2. The van der Waals surface area contributed by atoms with Gasteiger partial charge in [0.25, 0.3) is 10.0 Å². The molecule has 27 heavy (non-hydrogen) atoms. The molecule has 0 unspecified atom stereocenters. The largest absolute Gasteiger partial charge is 0.493 e. The van der Waals surface area contributed by atoms with E-state index in [1.807, 2.05) is 12.1 Å². The van der Waals surface area contributed by atoms with Crippen molar-refractivity contribution in [3.63, 3.8) is 0 Å². The number of methoxy groups -OCH3 is 2. The van der Waals surface area contributed by atoms with Gasteiger partial charge in [-0.05, 0) is 48.4 Å². The fourth-order valence-corrected chi connectivity index (χ4v) is 4.90. The van der Waals surface area contributed by atoms with Crippen LogP contribution in [-0.4, -0.2) is 34.2 Å². The summed E-state index contributed by atoms with van der Waals surface area (Å²) in [5.74, 6) is 1.29. The van der Waals surface area contributed by atoms with E-state index in [2.05, 4.69) is 4.98 Å². The van der Waals surface area contributed by atoms with Crippen molar-refractivity contribution in [1.29, 1.82) is 0 Å². The summed E-state index contributed by atoms with van der Waals surface area (Å²) in [6.07, 6.45) is 0.595. The molecule has 1 aromatic heterocycles. The Morgan fingerprint density at radius 3 is 2.56 bits per heavy atom. The fourth-order valence-electron chi connectivity index (χ4n) is 3.25. The Kier molecular flexibility index (Phi) is 4.36. The number of hydrogen-bond donors (Lipinski definition) is 0. The Labute approximate surface area is 162 Å². The molecule has 8 heteroatoms. The van der Waals surface area contributed by atoms with Gasteiger partial charge in [0.1, 0.15) is 5.82 Å². The topological polar surface area (TPSA) is 68.7 Å². The zero-order valence-electron chi connectivity index (χ0n) is 14.8. The normalized spacial score (nSPS) is 13.7. The Morgan fingerprint density at radius 1 is 1.04 bits per heavy atom. The monoisotopic (exact) mass is 404 g/mol. The molecule has 4 rings (SSSR count). The summed E-state index contributed by atoms with van der Waals surface area (Å²) < 4.78 is 38.2. The van der Waals surface area contributed by atoms with Gasteiger partial charge in [-0.3, -0.25) is 0 Å². The highest BCUT2D eigenvalue weighted by Gasteiger charge is 2.33. The van der Waals surface area contributed by atoms with Crippen LogP contribution in [-0.2, 0) is 16.4 Å². The molecule has 3 aromatic rings. The van der Waals surface area contributed by atoms with Crippen molar-refractivity contribution >= 4 is 38.3 Å². The molecule has 0 saturated heterocycles. The van der Waals surface area contributed by atoms with Gasteiger partial charge in [-0.1, -0.05) is 11.6 Å². The first-order chi connectivity index (χ1) is 12.9. The molecular formula is C19H17ClN2O4S. The number of fused-ring (bicyclic) bond motifs is 2. The van der Waals surface area contributed by atoms with Crippen molar-refractivity contribution in [3.05, 3.63) is 53.1 Å². The van der Waals surface area contributed by atoms with Gasteiger partial charge in [-0.15, -0.1) is 0 Å². The third kappa shape index (κ3) is 2.96. The SMILES string of the molecule is COc1ccc(S(=O)(=O)N2CCc3cc4cc(Cl)ccc4nc32)cc1OC. The van der Waals surface area contributed by atoms with Crippen LogP contribution in [0.5, 0.6) is 11.5 Å². The number of hydrogen-bond acceptors (Lipinski definition) is 5. The zero-order chi connectivity index (χ0) is 19.2. The number of sulfonamides is 1. The summed E-state index contributed by atoms with van der Waals surface area (Å²) in [4.78, 5) is 4.71. The van der Waals surface area contributed by atoms with E-state index in [1.54, 1.807) is 18.2 Å². The second kappa shape index (κ2) is 6.58. The van der Waals surface area contributed by atoms with Crippen LogP contribution >= 0.6 is 11.6 Å². The van der Waals surface area contributed by atoms with E-state index in [1.165, 1.54) is 30.7 Å². The first-order valence-electron chi connectivity index (χ1n) is 8.28. The number of nitrogens with zero attached hydrogens (tertiary/aromatic N) is 2. The summed E-state index contributed by atoms with van der Waals surface area (Å²) >= 11 is 6.05. The molecule has 0 spiro atoms. The summed E-state index contributed by atoms with van der Waals surface area (Å²) in [5.41, 5.74) is 1.58. The lowest BCUT2D eigenvalue weighted by Crippen LogP contribution is -2.29. The number of ether oxygens (including phenoxy) is 2. The van der Waals surface area contributed by atoms with Crippen molar-refractivity contribution in [1.82, 2.24) is 4.98 Å². The number of aromatic nitrogens is 1. The van der Waals surface area contributed by atoms with Gasteiger partial charge in [0, 0.05) is 23.0 Å². The van der Waals surface area contributed by atoms with Crippen LogP contribution in [0.1, 0.15) is 5.56 Å². The third-order valence-electron chi connectivity index (χ3n) is 4.60. The second-order valence-corrected chi connectivity index (χ2v) is 8.45. The van der Waals surface area contributed by atoms with Crippen molar-refractivity contribution < 1.29 is 17.9 Å². The average molecular weight is 405 g/mol. The highest BCUT2D eigenvalue weighted by Crippen LogP contribution is 2.36. The highest BCUT2D eigenvalue weighted by atomic mass is 35.5. The Balaban J connectivity index is 1.80. The predicted molar refractivity (Wildman–Crippen MR) is 105 cm³/mol. The van der Waals surface area contributed by atoms with Crippen LogP contribution in [0.15, 0.2) is 47.4 Å². The molecule has 1 aliphatic rings. The Hall–Kier alpha value is -2.51. The quantitative estimate of drug-likeness (QED) is 0.663. The van der Waals surface area contributed by atoms with Crippen LogP contribution < -0.4 is 13.8 Å². The minimum absolute atomic E-state index is 0.131. The molecule has 140 valence electrons. The lowest BCUT2D eigenvalue weighted by Gasteiger charge is -2.19. The maximum atomic E-state index is 13.2. The molecule has 0 N–H and O–H groups in total. The number of benzene rings is 2. The van der Waals surface area contributed by atoms with Crippen LogP contribution in [0.25, 0.3) is 10.9 Å². The van der Waals surface area contributed by atoms with E-state index in [4.69, 9.17) is 21.1 Å². The Bertz CT molecular complexity index is 1150. The molecule has 6 nitrogen and oxygen atoms in total. The van der Waals surface area contributed by atoms with Gasteiger partial charge < -0.3 is 9.47 Å². The molecule has 0 saturated carbocycles. The molecular weight excluding hydrogens is 388 g/mol. The maximum Gasteiger partial charge on any atom is 0.265 e.